The van der Waals surface area contributed by atoms with Crippen molar-refractivity contribution < 1.29 is 19.4 Å². The molecule has 0 saturated carbocycles. The molecule has 4 heteroatoms. The molecule has 3 aromatic carbocycles. The Labute approximate surface area is 151 Å². The van der Waals surface area contributed by atoms with E-state index in [-0.39, 0.29) is 23.5 Å². The van der Waals surface area contributed by atoms with E-state index in [0.29, 0.717) is 17.9 Å². The monoisotopic (exact) mass is 346 g/mol. The summed E-state index contributed by atoms with van der Waals surface area (Å²) in [6.45, 7) is 0.332. The summed E-state index contributed by atoms with van der Waals surface area (Å²) >= 11 is 0. The van der Waals surface area contributed by atoms with Crippen molar-refractivity contribution in [2.45, 2.75) is 13.0 Å². The molecule has 26 heavy (non-hydrogen) atoms. The van der Waals surface area contributed by atoms with E-state index in [4.69, 9.17) is 4.74 Å². The third-order valence-electron chi connectivity index (χ3n) is 3.95. The largest absolute Gasteiger partial charge is 0.507 e. The third-order valence-corrected chi connectivity index (χ3v) is 3.95. The number of aromatic hydroxyl groups is 1. The molecule has 3 aromatic rings. The van der Waals surface area contributed by atoms with Crippen LogP contribution in [-0.4, -0.2) is 16.7 Å². The molecule has 3 rings (SSSR count). The number of para-hydroxylation sites is 2. The van der Waals surface area contributed by atoms with Crippen LogP contribution >= 0.6 is 0 Å². The molecule has 0 aliphatic rings. The Hall–Kier alpha value is -3.40. The second-order valence-electron chi connectivity index (χ2n) is 5.81. The highest BCUT2D eigenvalue weighted by Crippen LogP contribution is 2.23. The van der Waals surface area contributed by atoms with Gasteiger partial charge < -0.3 is 9.84 Å². The van der Waals surface area contributed by atoms with Crippen LogP contribution < -0.4 is 4.74 Å². The maximum atomic E-state index is 12.6. The zero-order chi connectivity index (χ0) is 18.4. The summed E-state index contributed by atoms with van der Waals surface area (Å²) in [5, 5.41) is 9.77. The molecule has 4 nitrogen and oxygen atoms in total. The Balaban J connectivity index is 1.73. The van der Waals surface area contributed by atoms with Crippen molar-refractivity contribution >= 4 is 11.6 Å². The molecular weight excluding hydrogens is 328 g/mol. The molecule has 0 saturated heterocycles. The van der Waals surface area contributed by atoms with Crippen LogP contribution in [0.4, 0.5) is 0 Å². The number of hydrogen-bond donors (Lipinski definition) is 1. The lowest BCUT2D eigenvalue weighted by Gasteiger charge is -2.11. The van der Waals surface area contributed by atoms with Gasteiger partial charge in [0.25, 0.3) is 0 Å². The Bertz CT molecular complexity index is 916. The average molecular weight is 346 g/mol. The van der Waals surface area contributed by atoms with E-state index in [1.807, 2.05) is 30.3 Å². The van der Waals surface area contributed by atoms with Crippen LogP contribution in [-0.2, 0) is 6.61 Å². The zero-order valence-electron chi connectivity index (χ0n) is 14.1. The fraction of sp³-hybridized carbons (Fsp3) is 0.0909. The maximum Gasteiger partial charge on any atom is 0.174 e. The normalized spacial score (nSPS) is 10.3. The number of phenolic OH excluding ortho intramolecular Hbond substituents is 1. The van der Waals surface area contributed by atoms with E-state index in [1.54, 1.807) is 36.4 Å². The van der Waals surface area contributed by atoms with E-state index in [2.05, 4.69) is 0 Å². The summed E-state index contributed by atoms with van der Waals surface area (Å²) in [7, 11) is 0. The molecule has 0 fully saturated rings. The molecule has 130 valence electrons. The minimum Gasteiger partial charge on any atom is -0.507 e. The van der Waals surface area contributed by atoms with Gasteiger partial charge in [-0.05, 0) is 29.8 Å². The van der Waals surface area contributed by atoms with Gasteiger partial charge in [-0.25, -0.2) is 0 Å². The highest BCUT2D eigenvalue weighted by molar-refractivity contribution is 6.15. The first-order chi connectivity index (χ1) is 12.6. The number of rotatable bonds is 7. The van der Waals surface area contributed by atoms with Crippen molar-refractivity contribution in [2.75, 3.05) is 0 Å². The number of Topliss-reactive ketones (excluding diaryl/α,β-unsaturated/α-hetero) is 2. The van der Waals surface area contributed by atoms with Crippen molar-refractivity contribution in [3.63, 3.8) is 0 Å². The van der Waals surface area contributed by atoms with Crippen molar-refractivity contribution in [1.29, 1.82) is 0 Å². The van der Waals surface area contributed by atoms with Crippen LogP contribution in [0.2, 0.25) is 0 Å². The Morgan fingerprint density at radius 2 is 1.31 bits per heavy atom. The van der Waals surface area contributed by atoms with Gasteiger partial charge in [0.1, 0.15) is 18.1 Å². The molecule has 0 aromatic heterocycles. The standard InChI is InChI=1S/C22H18O4/c23-19-12-6-4-10-17(19)20(24)14-21(25)18-11-5-7-13-22(18)26-15-16-8-2-1-3-9-16/h1-13,23H,14-15H2. The predicted molar refractivity (Wildman–Crippen MR) is 98.6 cm³/mol. The number of hydrogen-bond acceptors (Lipinski definition) is 4. The lowest BCUT2D eigenvalue weighted by molar-refractivity contribution is 0.0891. The van der Waals surface area contributed by atoms with Gasteiger partial charge >= 0.3 is 0 Å². The fourth-order valence-corrected chi connectivity index (χ4v) is 2.60. The number of phenols is 1. The van der Waals surface area contributed by atoms with Crippen molar-refractivity contribution in [3.8, 4) is 11.5 Å². The van der Waals surface area contributed by atoms with E-state index in [0.717, 1.165) is 5.56 Å². The number of ketones is 2. The topological polar surface area (TPSA) is 63.6 Å². The van der Waals surface area contributed by atoms with Crippen molar-refractivity contribution in [2.24, 2.45) is 0 Å². The lowest BCUT2D eigenvalue weighted by Crippen LogP contribution is -2.10. The van der Waals surface area contributed by atoms with Crippen LogP contribution in [0.1, 0.15) is 32.7 Å². The maximum absolute atomic E-state index is 12.6. The highest BCUT2D eigenvalue weighted by atomic mass is 16.5. The summed E-state index contributed by atoms with van der Waals surface area (Å²) in [6, 6.07) is 22.7. The number of benzene rings is 3. The summed E-state index contributed by atoms with van der Waals surface area (Å²) in [6.07, 6.45) is -0.330. The molecule has 0 amide bonds. The van der Waals surface area contributed by atoms with Gasteiger partial charge in [-0.3, -0.25) is 9.59 Å². The number of ether oxygens (including phenoxy) is 1. The van der Waals surface area contributed by atoms with Crippen LogP contribution in [0.5, 0.6) is 11.5 Å². The summed E-state index contributed by atoms with van der Waals surface area (Å²) < 4.78 is 5.77. The lowest BCUT2D eigenvalue weighted by atomic mass is 10.0. The van der Waals surface area contributed by atoms with Gasteiger partial charge in [0.2, 0.25) is 0 Å². The minimum absolute atomic E-state index is 0.126. The minimum atomic E-state index is -0.425. The van der Waals surface area contributed by atoms with Crippen molar-refractivity contribution in [1.82, 2.24) is 0 Å². The first kappa shape index (κ1) is 17.4. The van der Waals surface area contributed by atoms with E-state index < -0.39 is 5.78 Å². The van der Waals surface area contributed by atoms with Gasteiger partial charge in [0.05, 0.1) is 17.5 Å². The first-order valence-electron chi connectivity index (χ1n) is 8.25. The second kappa shape index (κ2) is 8.12. The predicted octanol–water partition coefficient (Wildman–Crippen LogP) is 4.43. The van der Waals surface area contributed by atoms with Gasteiger partial charge in [-0.15, -0.1) is 0 Å². The Morgan fingerprint density at radius 3 is 2.04 bits per heavy atom. The van der Waals surface area contributed by atoms with Crippen LogP contribution in [0, 0.1) is 0 Å². The van der Waals surface area contributed by atoms with Gasteiger partial charge in [0, 0.05) is 0 Å². The highest BCUT2D eigenvalue weighted by Gasteiger charge is 2.19. The van der Waals surface area contributed by atoms with E-state index in [9.17, 15) is 14.7 Å². The molecule has 0 spiro atoms. The van der Waals surface area contributed by atoms with Gasteiger partial charge in [-0.2, -0.15) is 0 Å². The Morgan fingerprint density at radius 1 is 0.731 bits per heavy atom. The van der Waals surface area contributed by atoms with E-state index in [1.165, 1.54) is 12.1 Å². The molecule has 0 bridgehead atoms. The van der Waals surface area contributed by atoms with Crippen LogP contribution in [0.15, 0.2) is 78.9 Å². The van der Waals surface area contributed by atoms with Gasteiger partial charge in [-0.1, -0.05) is 54.6 Å². The molecule has 0 atom stereocenters. The van der Waals surface area contributed by atoms with Gasteiger partial charge in [0.15, 0.2) is 11.6 Å². The summed E-state index contributed by atoms with van der Waals surface area (Å²) in [5.74, 6) is -0.460. The molecule has 0 aliphatic heterocycles. The summed E-state index contributed by atoms with van der Waals surface area (Å²) in [4.78, 5) is 24.9. The molecule has 1 N–H and O–H groups in total. The number of carbonyl (C=O) groups is 2. The second-order valence-corrected chi connectivity index (χ2v) is 5.81. The average Bonchev–Trinajstić information content (AvgIpc) is 2.67. The quantitative estimate of drug-likeness (QED) is 0.508. The third kappa shape index (κ3) is 4.16. The molecule has 0 heterocycles. The number of carbonyl (C=O) groups excluding carboxylic acids is 2. The van der Waals surface area contributed by atoms with E-state index >= 15 is 0 Å². The zero-order valence-corrected chi connectivity index (χ0v) is 14.1. The molecule has 0 aliphatic carbocycles. The SMILES string of the molecule is O=C(CC(=O)c1ccccc1OCc1ccccc1)c1ccccc1O. The fourth-order valence-electron chi connectivity index (χ4n) is 2.60. The van der Waals surface area contributed by atoms with Crippen molar-refractivity contribution in [3.05, 3.63) is 95.6 Å². The smallest absolute Gasteiger partial charge is 0.174 e. The summed E-state index contributed by atoms with van der Waals surface area (Å²) in [5.41, 5.74) is 1.48. The molecular formula is C22H18O4. The molecule has 0 unspecified atom stereocenters. The van der Waals surface area contributed by atoms with Crippen LogP contribution in [0.25, 0.3) is 0 Å². The Kier molecular flexibility index (Phi) is 5.44. The van der Waals surface area contributed by atoms with Crippen LogP contribution in [0.3, 0.4) is 0 Å². The first-order valence-corrected chi connectivity index (χ1v) is 8.25. The molecule has 0 radical (unpaired) electrons.